The molecular weight excluding hydrogens is 466 g/mol. The van der Waals surface area contributed by atoms with Gasteiger partial charge in [0.25, 0.3) is 11.6 Å². The lowest BCUT2D eigenvalue weighted by molar-refractivity contribution is -0.384. The Hall–Kier alpha value is -4.38. The summed E-state index contributed by atoms with van der Waals surface area (Å²) in [6.45, 7) is 3.68. The van der Waals surface area contributed by atoms with Crippen molar-refractivity contribution in [3.63, 3.8) is 0 Å². The van der Waals surface area contributed by atoms with E-state index in [-0.39, 0.29) is 17.3 Å². The van der Waals surface area contributed by atoms with Crippen molar-refractivity contribution < 1.29 is 9.72 Å². The molecule has 35 heavy (non-hydrogen) atoms. The maximum atomic E-state index is 12.5. The Morgan fingerprint density at radius 3 is 2.57 bits per heavy atom. The predicted octanol–water partition coefficient (Wildman–Crippen LogP) is 4.18. The van der Waals surface area contributed by atoms with E-state index in [4.69, 9.17) is 0 Å². The van der Waals surface area contributed by atoms with Crippen LogP contribution in [0.1, 0.15) is 18.1 Å². The first-order valence-electron chi connectivity index (χ1n) is 10.6. The molecule has 0 unspecified atom stereocenters. The second-order valence-corrected chi connectivity index (χ2v) is 8.48. The number of nitro groups is 1. The molecule has 0 aliphatic rings. The highest BCUT2D eigenvalue weighted by Crippen LogP contribution is 2.27. The number of amides is 1. The van der Waals surface area contributed by atoms with Crippen molar-refractivity contribution in [1.82, 2.24) is 25.2 Å². The van der Waals surface area contributed by atoms with Gasteiger partial charge in [-0.05, 0) is 38.1 Å². The third-order valence-corrected chi connectivity index (χ3v) is 5.95. The van der Waals surface area contributed by atoms with Crippen molar-refractivity contribution in [1.29, 1.82) is 0 Å². The summed E-state index contributed by atoms with van der Waals surface area (Å²) in [5, 5.41) is 24.3. The van der Waals surface area contributed by atoms with Crippen LogP contribution in [0, 0.1) is 17.0 Å². The molecule has 0 aliphatic heterocycles. The van der Waals surface area contributed by atoms with Crippen LogP contribution in [0.15, 0.2) is 83.3 Å². The molecule has 1 N–H and O–H groups in total. The molecule has 0 bridgehead atoms. The minimum atomic E-state index is -0.476. The molecule has 176 valence electrons. The number of pyridine rings is 1. The van der Waals surface area contributed by atoms with Crippen LogP contribution in [-0.2, 0) is 4.79 Å². The second kappa shape index (κ2) is 10.7. The van der Waals surface area contributed by atoms with Gasteiger partial charge in [0, 0.05) is 41.3 Å². The first-order valence-corrected chi connectivity index (χ1v) is 11.5. The van der Waals surface area contributed by atoms with E-state index in [2.05, 4.69) is 25.7 Å². The minimum absolute atomic E-state index is 0.0422. The van der Waals surface area contributed by atoms with Gasteiger partial charge in [0.2, 0.25) is 0 Å². The number of non-ortho nitro benzene ring substituents is 1. The summed E-state index contributed by atoms with van der Waals surface area (Å²) in [4.78, 5) is 27.0. The van der Waals surface area contributed by atoms with Crippen molar-refractivity contribution >= 4 is 29.1 Å². The van der Waals surface area contributed by atoms with Crippen LogP contribution in [-0.4, -0.2) is 42.0 Å². The quantitative estimate of drug-likeness (QED) is 0.171. The normalized spacial score (nSPS) is 11.3. The molecule has 2 aromatic heterocycles. The first kappa shape index (κ1) is 23.8. The fourth-order valence-corrected chi connectivity index (χ4v) is 3.94. The van der Waals surface area contributed by atoms with Crippen molar-refractivity contribution in [3.05, 3.63) is 94.3 Å². The van der Waals surface area contributed by atoms with Gasteiger partial charge in [-0.3, -0.25) is 24.5 Å². The molecule has 0 spiro atoms. The standard InChI is InChI=1S/C24H21N7O3S/c1-16-6-8-20(9-7-16)30-23(18-10-12-25-13-11-18)28-29-24(30)35-15-22(32)27-26-17(2)19-4-3-5-21(14-19)31(33)34/h3-14H,15H2,1-2H3,(H,27,32). The van der Waals surface area contributed by atoms with Crippen LogP contribution in [0.5, 0.6) is 0 Å². The lowest BCUT2D eigenvalue weighted by Gasteiger charge is -2.10. The van der Waals surface area contributed by atoms with Crippen LogP contribution in [0.4, 0.5) is 5.69 Å². The molecule has 0 fully saturated rings. The zero-order chi connectivity index (χ0) is 24.8. The smallest absolute Gasteiger partial charge is 0.270 e. The number of nitrogens with zero attached hydrogens (tertiary/aromatic N) is 6. The molecule has 1 amide bonds. The average Bonchev–Trinajstić information content (AvgIpc) is 3.31. The number of benzene rings is 2. The summed E-state index contributed by atoms with van der Waals surface area (Å²) < 4.78 is 1.89. The molecule has 4 aromatic rings. The molecule has 11 heteroatoms. The number of aromatic nitrogens is 4. The van der Waals surface area contributed by atoms with Gasteiger partial charge in [-0.25, -0.2) is 5.43 Å². The maximum absolute atomic E-state index is 12.5. The fourth-order valence-electron chi connectivity index (χ4n) is 3.20. The Morgan fingerprint density at radius 1 is 1.11 bits per heavy atom. The van der Waals surface area contributed by atoms with Gasteiger partial charge in [0.15, 0.2) is 11.0 Å². The van der Waals surface area contributed by atoms with E-state index >= 15 is 0 Å². The monoisotopic (exact) mass is 487 g/mol. The molecule has 2 heterocycles. The van der Waals surface area contributed by atoms with Crippen LogP contribution >= 0.6 is 11.8 Å². The number of carbonyl (C=O) groups excluding carboxylic acids is 1. The lowest BCUT2D eigenvalue weighted by atomic mass is 10.1. The summed E-state index contributed by atoms with van der Waals surface area (Å²) >= 11 is 1.23. The van der Waals surface area contributed by atoms with Crippen molar-refractivity contribution in [2.24, 2.45) is 5.10 Å². The Labute approximate surface area is 205 Å². The second-order valence-electron chi connectivity index (χ2n) is 7.54. The zero-order valence-electron chi connectivity index (χ0n) is 19.0. The number of nitrogens with one attached hydrogen (secondary N) is 1. The molecular formula is C24H21N7O3S. The van der Waals surface area contributed by atoms with Crippen molar-refractivity contribution in [2.75, 3.05) is 5.75 Å². The average molecular weight is 488 g/mol. The molecule has 0 radical (unpaired) electrons. The lowest BCUT2D eigenvalue weighted by Crippen LogP contribution is -2.21. The van der Waals surface area contributed by atoms with E-state index in [1.807, 2.05) is 47.9 Å². The van der Waals surface area contributed by atoms with Gasteiger partial charge in [0.05, 0.1) is 16.4 Å². The van der Waals surface area contributed by atoms with Crippen LogP contribution < -0.4 is 5.43 Å². The summed E-state index contributed by atoms with van der Waals surface area (Å²) in [7, 11) is 0. The number of hydrazone groups is 1. The molecule has 4 rings (SSSR count). The third-order valence-electron chi connectivity index (χ3n) is 5.02. The van der Waals surface area contributed by atoms with E-state index in [0.29, 0.717) is 22.3 Å². The first-order chi connectivity index (χ1) is 16.9. The van der Waals surface area contributed by atoms with Crippen LogP contribution in [0.2, 0.25) is 0 Å². The number of carbonyl (C=O) groups is 1. The van der Waals surface area contributed by atoms with Gasteiger partial charge in [-0.2, -0.15) is 5.10 Å². The molecule has 2 aromatic carbocycles. The summed E-state index contributed by atoms with van der Waals surface area (Å²) in [6.07, 6.45) is 3.37. The Kier molecular flexibility index (Phi) is 7.27. The van der Waals surface area contributed by atoms with E-state index in [9.17, 15) is 14.9 Å². The number of hydrogen-bond acceptors (Lipinski definition) is 8. The molecule has 0 aliphatic carbocycles. The van der Waals surface area contributed by atoms with Crippen LogP contribution in [0.25, 0.3) is 17.1 Å². The highest BCUT2D eigenvalue weighted by Gasteiger charge is 2.17. The van der Waals surface area contributed by atoms with Gasteiger partial charge >= 0.3 is 0 Å². The summed E-state index contributed by atoms with van der Waals surface area (Å²) in [5.41, 5.74) is 6.30. The minimum Gasteiger partial charge on any atom is -0.272 e. The molecule has 0 atom stereocenters. The van der Waals surface area contributed by atoms with Gasteiger partial charge in [-0.1, -0.05) is 41.6 Å². The third kappa shape index (κ3) is 5.76. The number of thioether (sulfide) groups is 1. The van der Waals surface area contributed by atoms with Gasteiger partial charge < -0.3 is 0 Å². The van der Waals surface area contributed by atoms with Crippen LogP contribution in [0.3, 0.4) is 0 Å². The number of nitro benzene ring substituents is 1. The van der Waals surface area contributed by atoms with E-state index < -0.39 is 4.92 Å². The maximum Gasteiger partial charge on any atom is 0.270 e. The van der Waals surface area contributed by atoms with Gasteiger partial charge in [0.1, 0.15) is 0 Å². The SMILES string of the molecule is CC(=NNC(=O)CSc1nnc(-c2ccncc2)n1-c1ccc(C)cc1)c1cccc([N+](=O)[O-])c1. The fraction of sp³-hybridized carbons (Fsp3) is 0.125. The largest absolute Gasteiger partial charge is 0.272 e. The summed E-state index contributed by atoms with van der Waals surface area (Å²) in [6, 6.07) is 17.7. The van der Waals surface area contributed by atoms with E-state index in [1.165, 1.54) is 23.9 Å². The Balaban J connectivity index is 1.50. The molecule has 0 saturated carbocycles. The Bertz CT molecular complexity index is 1390. The van der Waals surface area contributed by atoms with E-state index in [0.717, 1.165) is 16.8 Å². The van der Waals surface area contributed by atoms with Crippen molar-refractivity contribution in [2.45, 2.75) is 19.0 Å². The summed E-state index contributed by atoms with van der Waals surface area (Å²) in [5.74, 6) is 0.342. The number of aryl methyl sites for hydroxylation is 1. The highest BCUT2D eigenvalue weighted by molar-refractivity contribution is 7.99. The van der Waals surface area contributed by atoms with E-state index in [1.54, 1.807) is 31.5 Å². The van der Waals surface area contributed by atoms with Gasteiger partial charge in [-0.15, -0.1) is 10.2 Å². The van der Waals surface area contributed by atoms with Crippen molar-refractivity contribution in [3.8, 4) is 17.1 Å². The topological polar surface area (TPSA) is 128 Å². The number of rotatable bonds is 8. The molecule has 10 nitrogen and oxygen atoms in total. The highest BCUT2D eigenvalue weighted by atomic mass is 32.2. The Morgan fingerprint density at radius 2 is 1.86 bits per heavy atom. The zero-order valence-corrected chi connectivity index (χ0v) is 19.8. The predicted molar refractivity (Wildman–Crippen MR) is 134 cm³/mol. The number of hydrogen-bond donors (Lipinski definition) is 1. The molecule has 0 saturated heterocycles.